The maximum Gasteiger partial charge on any atom is 0.164 e. The van der Waals surface area contributed by atoms with Crippen molar-refractivity contribution in [2.75, 3.05) is 4.90 Å². The molecule has 0 radical (unpaired) electrons. The van der Waals surface area contributed by atoms with Gasteiger partial charge in [-0.1, -0.05) is 140 Å². The summed E-state index contributed by atoms with van der Waals surface area (Å²) < 4.78 is 13.3. The highest BCUT2D eigenvalue weighted by molar-refractivity contribution is 6.11. The van der Waals surface area contributed by atoms with Crippen LogP contribution in [0.5, 0.6) is 0 Å². The Bertz CT molecular complexity index is 3170. The fourth-order valence-corrected chi connectivity index (χ4v) is 7.75. The maximum absolute atomic E-state index is 6.89. The van der Waals surface area contributed by atoms with E-state index in [4.69, 9.17) is 23.8 Å². The van der Waals surface area contributed by atoms with E-state index < -0.39 is 0 Å². The molecule has 11 aromatic rings. The molecule has 3 aromatic heterocycles. The van der Waals surface area contributed by atoms with Crippen LogP contribution in [0.25, 0.3) is 89.2 Å². The zero-order valence-corrected chi connectivity index (χ0v) is 30.6. The van der Waals surface area contributed by atoms with Crippen molar-refractivity contribution in [2.45, 2.75) is 0 Å². The smallest absolute Gasteiger partial charge is 0.164 e. The van der Waals surface area contributed by atoms with Gasteiger partial charge in [-0.25, -0.2) is 15.0 Å². The van der Waals surface area contributed by atoms with Gasteiger partial charge in [-0.3, -0.25) is 0 Å². The number of benzene rings is 8. The van der Waals surface area contributed by atoms with Gasteiger partial charge in [-0.05, 0) is 59.7 Å². The van der Waals surface area contributed by atoms with Crippen LogP contribution < -0.4 is 4.90 Å². The van der Waals surface area contributed by atoms with Crippen LogP contribution in [-0.2, 0) is 0 Å². The summed E-state index contributed by atoms with van der Waals surface area (Å²) in [6, 6.07) is 66.3. The average Bonchev–Trinajstić information content (AvgIpc) is 3.86. The first-order chi connectivity index (χ1) is 28.2. The number of hydrogen-bond donors (Lipinski definition) is 0. The molecule has 0 spiro atoms. The summed E-state index contributed by atoms with van der Waals surface area (Å²) in [6.07, 6.45) is 0. The summed E-state index contributed by atoms with van der Waals surface area (Å²) >= 11 is 0. The molecule has 0 amide bonds. The molecule has 0 saturated carbocycles. The third kappa shape index (κ3) is 5.79. The van der Waals surface area contributed by atoms with E-state index in [-0.39, 0.29) is 0 Å². The van der Waals surface area contributed by atoms with E-state index in [0.717, 1.165) is 83.2 Å². The van der Waals surface area contributed by atoms with E-state index in [0.29, 0.717) is 17.5 Å². The van der Waals surface area contributed by atoms with Crippen LogP contribution in [0, 0.1) is 0 Å². The predicted octanol–water partition coefficient (Wildman–Crippen LogP) is 13.8. The van der Waals surface area contributed by atoms with E-state index in [1.165, 1.54) is 5.56 Å². The average molecular weight is 733 g/mol. The van der Waals surface area contributed by atoms with E-state index in [1.807, 2.05) is 91.0 Å². The minimum Gasteiger partial charge on any atom is -0.456 e. The fourth-order valence-electron chi connectivity index (χ4n) is 7.75. The second-order valence-corrected chi connectivity index (χ2v) is 14.0. The second kappa shape index (κ2) is 13.5. The highest BCUT2D eigenvalue weighted by Gasteiger charge is 2.22. The molecule has 268 valence electrons. The van der Waals surface area contributed by atoms with Crippen LogP contribution in [0.2, 0.25) is 0 Å². The monoisotopic (exact) mass is 732 g/mol. The van der Waals surface area contributed by atoms with Crippen LogP contribution >= 0.6 is 0 Å². The molecule has 6 heteroatoms. The van der Waals surface area contributed by atoms with Crippen molar-refractivity contribution in [3.63, 3.8) is 0 Å². The van der Waals surface area contributed by atoms with Crippen molar-refractivity contribution in [1.82, 2.24) is 15.0 Å². The number of hydrogen-bond acceptors (Lipinski definition) is 6. The summed E-state index contributed by atoms with van der Waals surface area (Å²) in [7, 11) is 0. The van der Waals surface area contributed by atoms with Crippen molar-refractivity contribution in [3.8, 4) is 45.3 Å². The Morgan fingerprint density at radius 2 is 0.807 bits per heavy atom. The Kier molecular flexibility index (Phi) is 7.71. The first-order valence-corrected chi connectivity index (χ1v) is 18.9. The number of nitrogens with zero attached hydrogens (tertiary/aromatic N) is 4. The number of fused-ring (bicyclic) bond motifs is 6. The maximum atomic E-state index is 6.89. The molecule has 11 rings (SSSR count). The Labute approximate surface area is 328 Å². The summed E-state index contributed by atoms with van der Waals surface area (Å²) in [4.78, 5) is 17.1. The largest absolute Gasteiger partial charge is 0.456 e. The zero-order valence-electron chi connectivity index (χ0n) is 30.6. The molecular formula is C51H32N4O2. The summed E-state index contributed by atoms with van der Waals surface area (Å²) in [5.74, 6) is 1.80. The molecule has 0 unspecified atom stereocenters. The normalized spacial score (nSPS) is 11.5. The number of aromatic nitrogens is 3. The molecule has 0 aliphatic rings. The molecule has 0 aliphatic heterocycles. The predicted molar refractivity (Wildman–Crippen MR) is 231 cm³/mol. The summed E-state index contributed by atoms with van der Waals surface area (Å²) in [5, 5.41) is 4.18. The Morgan fingerprint density at radius 1 is 0.316 bits per heavy atom. The van der Waals surface area contributed by atoms with Crippen molar-refractivity contribution < 1.29 is 8.83 Å². The van der Waals surface area contributed by atoms with E-state index in [2.05, 4.69) is 108 Å². The van der Waals surface area contributed by atoms with E-state index in [9.17, 15) is 0 Å². The van der Waals surface area contributed by atoms with Gasteiger partial charge in [0, 0.05) is 50.0 Å². The lowest BCUT2D eigenvalue weighted by Crippen LogP contribution is -2.10. The molecule has 0 atom stereocenters. The van der Waals surface area contributed by atoms with Gasteiger partial charge in [0.2, 0.25) is 0 Å². The minimum absolute atomic E-state index is 0.574. The number of furan rings is 2. The molecule has 0 N–H and O–H groups in total. The summed E-state index contributed by atoms with van der Waals surface area (Å²) in [6.45, 7) is 0. The first kappa shape index (κ1) is 32.6. The van der Waals surface area contributed by atoms with Gasteiger partial charge in [-0.15, -0.1) is 0 Å². The van der Waals surface area contributed by atoms with E-state index >= 15 is 0 Å². The third-order valence-corrected chi connectivity index (χ3v) is 10.5. The molecule has 0 saturated heterocycles. The Hall–Kier alpha value is -7.83. The van der Waals surface area contributed by atoms with Crippen molar-refractivity contribution >= 4 is 60.9 Å². The topological polar surface area (TPSA) is 68.2 Å². The SMILES string of the molecule is c1ccc(-c2ccc(N(c3ccc4c(c3)oc3ccccc34)c3cccc4c3oc3cc(-c5nc(-c6ccccc6)nc(-c6ccccc6)n5)ccc34)cc2)cc1. The number of rotatable bonds is 7. The standard InChI is InChI=1S/C51H32N4O2/c1-4-13-33(14-5-1)34-23-26-38(27-24-34)55(39-28-30-41-40-19-10-11-22-45(40)56-47(41)32-39)44-21-12-20-43-42-29-25-37(31-46(42)57-48(43)44)51-53-49(35-15-6-2-7-16-35)52-50(54-51)36-17-8-3-9-18-36/h1-32H. The molecule has 3 heterocycles. The van der Waals surface area contributed by atoms with Crippen LogP contribution in [0.4, 0.5) is 17.1 Å². The quantitative estimate of drug-likeness (QED) is 0.162. The van der Waals surface area contributed by atoms with Gasteiger partial charge < -0.3 is 13.7 Å². The van der Waals surface area contributed by atoms with Crippen molar-refractivity contribution in [3.05, 3.63) is 194 Å². The van der Waals surface area contributed by atoms with Crippen molar-refractivity contribution in [1.29, 1.82) is 0 Å². The van der Waals surface area contributed by atoms with Crippen molar-refractivity contribution in [2.24, 2.45) is 0 Å². The van der Waals surface area contributed by atoms with Crippen LogP contribution in [-0.4, -0.2) is 15.0 Å². The molecule has 57 heavy (non-hydrogen) atoms. The zero-order chi connectivity index (χ0) is 37.7. The highest BCUT2D eigenvalue weighted by atomic mass is 16.3. The lowest BCUT2D eigenvalue weighted by Gasteiger charge is -2.25. The first-order valence-electron chi connectivity index (χ1n) is 18.9. The molecule has 0 aliphatic carbocycles. The van der Waals surface area contributed by atoms with Crippen LogP contribution in [0.15, 0.2) is 203 Å². The van der Waals surface area contributed by atoms with Gasteiger partial charge in [0.05, 0.1) is 11.4 Å². The van der Waals surface area contributed by atoms with Crippen LogP contribution in [0.3, 0.4) is 0 Å². The highest BCUT2D eigenvalue weighted by Crippen LogP contribution is 2.44. The van der Waals surface area contributed by atoms with Gasteiger partial charge in [0.15, 0.2) is 23.1 Å². The summed E-state index contributed by atoms with van der Waals surface area (Å²) in [5.41, 5.74) is 11.0. The second-order valence-electron chi connectivity index (χ2n) is 14.0. The number of anilines is 3. The van der Waals surface area contributed by atoms with Crippen LogP contribution in [0.1, 0.15) is 0 Å². The number of para-hydroxylation sites is 2. The third-order valence-electron chi connectivity index (χ3n) is 10.5. The Balaban J connectivity index is 1.07. The Morgan fingerprint density at radius 3 is 1.51 bits per heavy atom. The lowest BCUT2D eigenvalue weighted by molar-refractivity contribution is 0.667. The molecule has 0 fully saturated rings. The minimum atomic E-state index is 0.574. The van der Waals surface area contributed by atoms with E-state index in [1.54, 1.807) is 0 Å². The lowest BCUT2D eigenvalue weighted by atomic mass is 10.0. The molecule has 8 aromatic carbocycles. The van der Waals surface area contributed by atoms with Gasteiger partial charge in [0.25, 0.3) is 0 Å². The molecular weight excluding hydrogens is 701 g/mol. The molecule has 6 nitrogen and oxygen atoms in total. The van der Waals surface area contributed by atoms with Gasteiger partial charge >= 0.3 is 0 Å². The fraction of sp³-hybridized carbons (Fsp3) is 0. The van der Waals surface area contributed by atoms with Gasteiger partial charge in [-0.2, -0.15) is 0 Å². The van der Waals surface area contributed by atoms with Gasteiger partial charge in [0.1, 0.15) is 16.7 Å². The molecule has 0 bridgehead atoms.